The van der Waals surface area contributed by atoms with E-state index in [2.05, 4.69) is 21.3 Å². The van der Waals surface area contributed by atoms with Crippen molar-refractivity contribution in [2.45, 2.75) is 13.8 Å². The first kappa shape index (κ1) is 27.1. The van der Waals surface area contributed by atoms with Crippen molar-refractivity contribution < 1.29 is 39.0 Å². The second kappa shape index (κ2) is 11.5. The van der Waals surface area contributed by atoms with Crippen molar-refractivity contribution in [2.75, 3.05) is 21.3 Å². The highest BCUT2D eigenvalue weighted by Gasteiger charge is 2.14. The van der Waals surface area contributed by atoms with Crippen LogP contribution in [0, 0.1) is 0 Å². The minimum atomic E-state index is -1.51. The van der Waals surface area contributed by atoms with Crippen LogP contribution in [0.25, 0.3) is 0 Å². The van der Waals surface area contributed by atoms with Gasteiger partial charge in [-0.25, -0.2) is 0 Å². The quantitative estimate of drug-likeness (QED) is 0.338. The van der Waals surface area contributed by atoms with Gasteiger partial charge in [0.1, 0.15) is 0 Å². The first-order chi connectivity index (χ1) is 17.9. The zero-order chi connectivity index (χ0) is 28.0. The fourth-order valence-electron chi connectivity index (χ4n) is 3.39. The molecule has 0 aliphatic carbocycles. The van der Waals surface area contributed by atoms with Crippen LogP contribution in [-0.4, -0.2) is 35.6 Å². The molecule has 0 bridgehead atoms. The average molecular weight is 516 g/mol. The Balaban J connectivity index is 1.79. The summed E-state index contributed by atoms with van der Waals surface area (Å²) in [6, 6.07) is 13.1. The summed E-state index contributed by atoms with van der Waals surface area (Å²) in [5, 5.41) is 32.4. The van der Waals surface area contributed by atoms with Crippen LogP contribution >= 0.6 is 0 Å². The molecule has 4 amide bonds. The Morgan fingerprint density at radius 3 is 1.29 bits per heavy atom. The second-order valence-electron chi connectivity index (χ2n) is 7.95. The van der Waals surface area contributed by atoms with Gasteiger partial charge < -0.3 is 41.1 Å². The lowest BCUT2D eigenvalue weighted by atomic mass is 10.1. The van der Waals surface area contributed by atoms with E-state index in [1.807, 2.05) is 0 Å². The summed E-state index contributed by atoms with van der Waals surface area (Å²) >= 11 is 0. The molecule has 0 spiro atoms. The maximum absolute atomic E-state index is 12.8. The van der Waals surface area contributed by atoms with Crippen molar-refractivity contribution in [3.63, 3.8) is 0 Å². The molecule has 0 fully saturated rings. The first-order valence-electron chi connectivity index (χ1n) is 10.9. The number of carbonyl (C=O) groups is 6. The number of aromatic carboxylic acids is 2. The largest absolute Gasteiger partial charge is 0.545 e. The summed E-state index contributed by atoms with van der Waals surface area (Å²) in [7, 11) is 0. The van der Waals surface area contributed by atoms with Crippen LogP contribution in [0.15, 0.2) is 60.7 Å². The predicted molar refractivity (Wildman–Crippen MR) is 133 cm³/mol. The molecule has 0 aromatic heterocycles. The third-order valence-electron chi connectivity index (χ3n) is 5.00. The molecule has 0 heterocycles. The number of hydrogen-bond acceptors (Lipinski definition) is 8. The molecule has 4 N–H and O–H groups in total. The summed E-state index contributed by atoms with van der Waals surface area (Å²) in [5.74, 6) is -5.31. The molecule has 3 aromatic carbocycles. The summed E-state index contributed by atoms with van der Waals surface area (Å²) < 4.78 is 0. The first-order valence-corrected chi connectivity index (χ1v) is 10.9. The van der Waals surface area contributed by atoms with Gasteiger partial charge in [-0.05, 0) is 54.6 Å². The van der Waals surface area contributed by atoms with E-state index < -0.39 is 35.6 Å². The molecule has 0 saturated carbocycles. The second-order valence-corrected chi connectivity index (χ2v) is 7.95. The molecule has 12 nitrogen and oxygen atoms in total. The third-order valence-corrected chi connectivity index (χ3v) is 5.00. The maximum atomic E-state index is 12.8. The number of amides is 4. The number of carboxylic acid groups (broad SMARTS) is 2. The van der Waals surface area contributed by atoms with E-state index in [-0.39, 0.29) is 45.0 Å². The molecule has 0 aliphatic heterocycles. The number of rotatable bonds is 8. The lowest BCUT2D eigenvalue weighted by Gasteiger charge is -2.14. The number of hydrogen-bond donors (Lipinski definition) is 4. The Labute approximate surface area is 215 Å². The van der Waals surface area contributed by atoms with Crippen molar-refractivity contribution in [3.8, 4) is 0 Å². The highest BCUT2D eigenvalue weighted by atomic mass is 16.4. The Morgan fingerprint density at radius 2 is 0.947 bits per heavy atom. The van der Waals surface area contributed by atoms with Gasteiger partial charge >= 0.3 is 0 Å². The minimum Gasteiger partial charge on any atom is -0.545 e. The molecule has 0 unspecified atom stereocenters. The molecule has 3 rings (SSSR count). The van der Waals surface area contributed by atoms with Gasteiger partial charge in [0, 0.05) is 47.5 Å². The number of carbonyl (C=O) groups excluding carboxylic acids is 6. The van der Waals surface area contributed by atoms with E-state index in [0.29, 0.717) is 0 Å². The topological polar surface area (TPSA) is 197 Å². The normalized spacial score (nSPS) is 10.2. The lowest BCUT2D eigenvalue weighted by molar-refractivity contribution is -0.256. The van der Waals surface area contributed by atoms with Crippen LogP contribution in [0.1, 0.15) is 55.3 Å². The highest BCUT2D eigenvalue weighted by Crippen LogP contribution is 2.23. The Morgan fingerprint density at radius 1 is 0.553 bits per heavy atom. The Kier molecular flexibility index (Phi) is 8.18. The van der Waals surface area contributed by atoms with Crippen molar-refractivity contribution in [1.29, 1.82) is 0 Å². The van der Waals surface area contributed by atoms with Crippen LogP contribution in [-0.2, 0) is 9.59 Å². The molecule has 3 aromatic rings. The maximum Gasteiger partial charge on any atom is 0.255 e. The minimum absolute atomic E-state index is 0.0632. The van der Waals surface area contributed by atoms with E-state index >= 15 is 0 Å². The molecule has 0 radical (unpaired) electrons. The SMILES string of the molecule is CC(=O)Nc1cc(NC(=O)c2cccc(C(=O)Nc3ccc(C(=O)[O-])c(NC(C)=O)c3)c2)ccc1C(=O)[O-]. The van der Waals surface area contributed by atoms with Gasteiger partial charge in [0.2, 0.25) is 11.8 Å². The fourth-order valence-corrected chi connectivity index (χ4v) is 3.39. The van der Waals surface area contributed by atoms with E-state index in [1.54, 1.807) is 0 Å². The van der Waals surface area contributed by atoms with Crippen molar-refractivity contribution in [1.82, 2.24) is 0 Å². The van der Waals surface area contributed by atoms with Gasteiger partial charge in [-0.2, -0.15) is 0 Å². The predicted octanol–water partition coefficient (Wildman–Crippen LogP) is 0.835. The molecular formula is C26H20N4O8-2. The van der Waals surface area contributed by atoms with Gasteiger partial charge in [0.15, 0.2) is 0 Å². The van der Waals surface area contributed by atoms with Gasteiger partial charge in [0.25, 0.3) is 11.8 Å². The molecule has 0 aliphatic rings. The van der Waals surface area contributed by atoms with Crippen LogP contribution < -0.4 is 31.5 Å². The highest BCUT2D eigenvalue weighted by molar-refractivity contribution is 6.10. The van der Waals surface area contributed by atoms with Gasteiger partial charge in [0.05, 0.1) is 23.3 Å². The molecule has 12 heteroatoms. The zero-order valence-corrected chi connectivity index (χ0v) is 20.0. The van der Waals surface area contributed by atoms with Gasteiger partial charge in [-0.1, -0.05) is 6.07 Å². The number of anilines is 4. The standard InChI is InChI=1S/C26H22N4O8/c1-13(31)27-21-11-17(6-8-19(21)25(35)36)29-23(33)15-4-3-5-16(10-15)24(34)30-18-7-9-20(26(37)38)22(12-18)28-14(2)32/h3-12H,1-2H3,(H,27,31)(H,28,32)(H,29,33)(H,30,34)(H,35,36)(H,37,38)/p-2. The van der Waals surface area contributed by atoms with Crippen LogP contribution in [0.5, 0.6) is 0 Å². The molecule has 38 heavy (non-hydrogen) atoms. The number of carboxylic acids is 2. The van der Waals surface area contributed by atoms with Gasteiger partial charge in [-0.3, -0.25) is 19.2 Å². The zero-order valence-electron chi connectivity index (χ0n) is 20.0. The molecule has 194 valence electrons. The van der Waals surface area contributed by atoms with E-state index in [9.17, 15) is 39.0 Å². The summed E-state index contributed by atoms with van der Waals surface area (Å²) in [4.78, 5) is 70.9. The smallest absolute Gasteiger partial charge is 0.255 e. The van der Waals surface area contributed by atoms with Crippen molar-refractivity contribution in [2.24, 2.45) is 0 Å². The van der Waals surface area contributed by atoms with E-state index in [0.717, 1.165) is 0 Å². The van der Waals surface area contributed by atoms with Crippen molar-refractivity contribution in [3.05, 3.63) is 82.9 Å². The lowest BCUT2D eigenvalue weighted by Crippen LogP contribution is -2.24. The summed E-state index contributed by atoms with van der Waals surface area (Å²) in [5.41, 5.74) is -0.131. The van der Waals surface area contributed by atoms with Crippen LogP contribution in [0.4, 0.5) is 22.7 Å². The number of nitrogens with one attached hydrogen (secondary N) is 4. The molecule has 0 atom stereocenters. The van der Waals surface area contributed by atoms with Crippen LogP contribution in [0.3, 0.4) is 0 Å². The molecule has 0 saturated heterocycles. The fraction of sp³-hybridized carbons (Fsp3) is 0.0769. The third kappa shape index (κ3) is 6.79. The average Bonchev–Trinajstić information content (AvgIpc) is 2.83. The summed E-state index contributed by atoms with van der Waals surface area (Å²) in [6.07, 6.45) is 0. The van der Waals surface area contributed by atoms with E-state index in [4.69, 9.17) is 0 Å². The summed E-state index contributed by atoms with van der Waals surface area (Å²) in [6.45, 7) is 2.39. The Bertz CT molecular complexity index is 1380. The van der Waals surface area contributed by atoms with E-state index in [1.165, 1.54) is 74.5 Å². The Hall–Kier alpha value is -5.52. The van der Waals surface area contributed by atoms with Gasteiger partial charge in [-0.15, -0.1) is 0 Å². The molecular weight excluding hydrogens is 496 g/mol. The van der Waals surface area contributed by atoms with Crippen LogP contribution in [0.2, 0.25) is 0 Å². The monoisotopic (exact) mass is 516 g/mol. The number of benzene rings is 3. The van der Waals surface area contributed by atoms with Crippen molar-refractivity contribution >= 4 is 58.3 Å².